The van der Waals surface area contributed by atoms with Crippen LogP contribution >= 0.6 is 0 Å². The highest BCUT2D eigenvalue weighted by atomic mass is 16.3. The van der Waals surface area contributed by atoms with Crippen molar-refractivity contribution in [2.75, 3.05) is 0 Å². The van der Waals surface area contributed by atoms with Crippen LogP contribution in [0, 0.1) is 13.8 Å². The van der Waals surface area contributed by atoms with Crippen molar-refractivity contribution >= 4 is 32.7 Å². The highest BCUT2D eigenvalue weighted by Gasteiger charge is 2.24. The molecule has 0 aliphatic rings. The van der Waals surface area contributed by atoms with Crippen LogP contribution in [-0.4, -0.2) is 0 Å². The lowest BCUT2D eigenvalue weighted by Crippen LogP contribution is -2.31. The Morgan fingerprint density at radius 2 is 1.66 bits per heavy atom. The van der Waals surface area contributed by atoms with Crippen LogP contribution in [0.4, 0.5) is 0 Å². The fraction of sp³-hybridized carbons (Fsp3) is 0.222. The number of hydrogen-bond donors (Lipinski definition) is 0. The number of benzene rings is 3. The maximum atomic E-state index is 6.43. The van der Waals surface area contributed by atoms with Gasteiger partial charge < -0.3 is 4.42 Å². The summed E-state index contributed by atoms with van der Waals surface area (Å²) in [4.78, 5) is 0. The van der Waals surface area contributed by atoms with Crippen molar-refractivity contribution < 1.29 is 8.98 Å². The number of hydrogen-bond acceptors (Lipinski definition) is 1. The van der Waals surface area contributed by atoms with Gasteiger partial charge in [-0.15, -0.1) is 0 Å². The van der Waals surface area contributed by atoms with Gasteiger partial charge in [0.25, 0.3) is 0 Å². The van der Waals surface area contributed by atoms with E-state index in [1.54, 1.807) is 0 Å². The van der Waals surface area contributed by atoms with Gasteiger partial charge in [0.05, 0.1) is 10.9 Å². The molecule has 144 valence electrons. The van der Waals surface area contributed by atoms with Crippen LogP contribution in [0.25, 0.3) is 44.0 Å². The topological polar surface area (TPSA) is 17.0 Å². The van der Waals surface area contributed by atoms with E-state index in [0.29, 0.717) is 5.92 Å². The van der Waals surface area contributed by atoms with Gasteiger partial charge in [-0.1, -0.05) is 44.2 Å². The molecule has 0 radical (unpaired) electrons. The molecule has 0 aliphatic heterocycles. The third kappa shape index (κ3) is 2.66. The van der Waals surface area contributed by atoms with Crippen LogP contribution in [0.2, 0.25) is 0 Å². The lowest BCUT2D eigenvalue weighted by Gasteiger charge is -2.12. The fourth-order valence-electron chi connectivity index (χ4n) is 4.43. The van der Waals surface area contributed by atoms with Crippen molar-refractivity contribution in [3.8, 4) is 11.3 Å². The summed E-state index contributed by atoms with van der Waals surface area (Å²) in [6, 6.07) is 19.7. The summed E-state index contributed by atoms with van der Waals surface area (Å²) in [5.41, 5.74) is 8.25. The van der Waals surface area contributed by atoms with Gasteiger partial charge in [0.2, 0.25) is 5.69 Å². The van der Waals surface area contributed by atoms with Crippen molar-refractivity contribution in [2.24, 2.45) is 7.05 Å². The molecule has 2 nitrogen and oxygen atoms in total. The maximum Gasteiger partial charge on any atom is 0.224 e. The van der Waals surface area contributed by atoms with Gasteiger partial charge in [-0.05, 0) is 60.0 Å². The minimum atomic E-state index is 0.514. The number of aryl methyl sites for hydroxylation is 2. The first kappa shape index (κ1) is 17.9. The average molecular weight is 381 g/mol. The minimum Gasteiger partial charge on any atom is -0.455 e. The van der Waals surface area contributed by atoms with Gasteiger partial charge in [0, 0.05) is 16.8 Å². The third-order valence-electron chi connectivity index (χ3n) is 6.25. The van der Waals surface area contributed by atoms with Crippen molar-refractivity contribution in [3.63, 3.8) is 0 Å². The van der Waals surface area contributed by atoms with Gasteiger partial charge >= 0.3 is 0 Å². The monoisotopic (exact) mass is 380 g/mol. The summed E-state index contributed by atoms with van der Waals surface area (Å²) in [5.74, 6) is 0.514. The summed E-state index contributed by atoms with van der Waals surface area (Å²) in [5, 5.41) is 4.90. The van der Waals surface area contributed by atoms with E-state index in [1.807, 2.05) is 6.07 Å². The Bertz CT molecular complexity index is 1410. The fourth-order valence-corrected chi connectivity index (χ4v) is 4.43. The summed E-state index contributed by atoms with van der Waals surface area (Å²) in [6.07, 6.45) is 2.16. The van der Waals surface area contributed by atoms with Gasteiger partial charge in [0.15, 0.2) is 6.20 Å². The first-order chi connectivity index (χ1) is 14.0. The number of furan rings is 1. The van der Waals surface area contributed by atoms with Crippen LogP contribution in [0.15, 0.2) is 65.2 Å². The summed E-state index contributed by atoms with van der Waals surface area (Å²) in [6.45, 7) is 8.89. The smallest absolute Gasteiger partial charge is 0.224 e. The molecule has 3 aromatic carbocycles. The average Bonchev–Trinajstić information content (AvgIpc) is 3.07. The van der Waals surface area contributed by atoms with Gasteiger partial charge in [0.1, 0.15) is 18.2 Å². The highest BCUT2D eigenvalue weighted by Crippen LogP contribution is 2.40. The van der Waals surface area contributed by atoms with Crippen molar-refractivity contribution in [2.45, 2.75) is 33.6 Å². The molecule has 2 heteroatoms. The second-order valence-electron chi connectivity index (χ2n) is 8.45. The highest BCUT2D eigenvalue weighted by molar-refractivity contribution is 6.12. The van der Waals surface area contributed by atoms with Crippen LogP contribution < -0.4 is 4.57 Å². The Labute approximate surface area is 171 Å². The molecule has 0 unspecified atom stereocenters. The number of nitrogens with zero attached hydrogens (tertiary/aromatic N) is 1. The molecule has 0 amide bonds. The number of pyridine rings is 1. The SMILES string of the molecule is Cc1cc2c(oc3ccccc32)c(-c2c3ccc(C(C)C)cc3cc[n+]2C)c1C. The quantitative estimate of drug-likeness (QED) is 0.302. The van der Waals surface area contributed by atoms with E-state index in [9.17, 15) is 0 Å². The molecule has 0 atom stereocenters. The van der Waals surface area contributed by atoms with E-state index in [1.165, 1.54) is 49.5 Å². The molecule has 0 N–H and O–H groups in total. The molecule has 0 spiro atoms. The van der Waals surface area contributed by atoms with E-state index < -0.39 is 0 Å². The maximum absolute atomic E-state index is 6.43. The Morgan fingerprint density at radius 3 is 2.45 bits per heavy atom. The predicted octanol–water partition coefficient (Wildman–Crippen LogP) is 6.97. The van der Waals surface area contributed by atoms with E-state index in [-0.39, 0.29) is 0 Å². The first-order valence-electron chi connectivity index (χ1n) is 10.3. The standard InChI is InChI=1S/C27H26NO/c1-16(2)19-10-11-21-20(15-19)12-13-28(5)26(21)25-18(4)17(3)14-23-22-8-6-7-9-24(22)29-27(23)25/h6-16H,1-5H3/q+1. The second kappa shape index (κ2) is 6.45. The normalized spacial score (nSPS) is 11.9. The Kier molecular flexibility index (Phi) is 3.99. The van der Waals surface area contributed by atoms with Crippen molar-refractivity contribution in [1.29, 1.82) is 0 Å². The Hall–Kier alpha value is -3.13. The Morgan fingerprint density at radius 1 is 0.862 bits per heavy atom. The third-order valence-corrected chi connectivity index (χ3v) is 6.25. The van der Waals surface area contributed by atoms with Gasteiger partial charge in [-0.25, -0.2) is 4.57 Å². The Balaban J connectivity index is 1.94. The van der Waals surface area contributed by atoms with Crippen molar-refractivity contribution in [3.05, 3.63) is 77.5 Å². The summed E-state index contributed by atoms with van der Waals surface area (Å²) in [7, 11) is 2.13. The van der Waals surface area contributed by atoms with E-state index in [4.69, 9.17) is 4.42 Å². The number of rotatable bonds is 2. The molecular weight excluding hydrogens is 354 g/mol. The van der Waals surface area contributed by atoms with E-state index in [2.05, 4.69) is 94.0 Å². The van der Waals surface area contributed by atoms with Gasteiger partial charge in [-0.3, -0.25) is 0 Å². The largest absolute Gasteiger partial charge is 0.455 e. The lowest BCUT2D eigenvalue weighted by atomic mass is 9.92. The zero-order valence-corrected chi connectivity index (χ0v) is 17.7. The first-order valence-corrected chi connectivity index (χ1v) is 10.3. The molecule has 5 aromatic rings. The number of aromatic nitrogens is 1. The van der Waals surface area contributed by atoms with Crippen molar-refractivity contribution in [1.82, 2.24) is 0 Å². The summed E-state index contributed by atoms with van der Waals surface area (Å²) >= 11 is 0. The van der Waals surface area contributed by atoms with Crippen LogP contribution in [0.1, 0.15) is 36.5 Å². The molecule has 29 heavy (non-hydrogen) atoms. The van der Waals surface area contributed by atoms with Gasteiger partial charge in [-0.2, -0.15) is 0 Å². The molecule has 5 rings (SSSR count). The molecule has 0 saturated carbocycles. The molecule has 0 fully saturated rings. The molecule has 0 bridgehead atoms. The molecule has 2 aromatic heterocycles. The molecule has 0 saturated heterocycles. The minimum absolute atomic E-state index is 0.514. The number of para-hydroxylation sites is 1. The molecule has 2 heterocycles. The van der Waals surface area contributed by atoms with Crippen LogP contribution in [0.5, 0.6) is 0 Å². The molecule has 0 aliphatic carbocycles. The van der Waals surface area contributed by atoms with Crippen LogP contribution in [-0.2, 0) is 7.05 Å². The van der Waals surface area contributed by atoms with E-state index >= 15 is 0 Å². The zero-order valence-electron chi connectivity index (χ0n) is 17.7. The molecular formula is C27H26NO+. The number of fused-ring (bicyclic) bond motifs is 4. The van der Waals surface area contributed by atoms with E-state index in [0.717, 1.165) is 11.2 Å². The summed E-state index contributed by atoms with van der Waals surface area (Å²) < 4.78 is 8.65. The predicted molar refractivity (Wildman–Crippen MR) is 121 cm³/mol. The lowest BCUT2D eigenvalue weighted by molar-refractivity contribution is -0.659. The zero-order chi connectivity index (χ0) is 20.3. The van der Waals surface area contributed by atoms with Crippen LogP contribution in [0.3, 0.4) is 0 Å². The second-order valence-corrected chi connectivity index (χ2v) is 8.45.